The molecule has 1 amide bonds. The zero-order valence-corrected chi connectivity index (χ0v) is 20.0. The van der Waals surface area contributed by atoms with Crippen LogP contribution in [-0.4, -0.2) is 41.9 Å². The number of amides is 1. The molecule has 0 atom stereocenters. The molecule has 182 valence electrons. The highest BCUT2D eigenvalue weighted by Crippen LogP contribution is 2.32. The molecule has 3 aromatic rings. The van der Waals surface area contributed by atoms with Gasteiger partial charge in [0, 0.05) is 37.7 Å². The molecule has 0 saturated carbocycles. The van der Waals surface area contributed by atoms with Gasteiger partial charge >= 0.3 is 0 Å². The number of pyridine rings is 1. The van der Waals surface area contributed by atoms with Gasteiger partial charge in [0.15, 0.2) is 11.7 Å². The third kappa shape index (κ3) is 7.12. The van der Waals surface area contributed by atoms with Crippen molar-refractivity contribution in [2.24, 2.45) is 11.7 Å². The van der Waals surface area contributed by atoms with Crippen LogP contribution in [0.5, 0.6) is 5.88 Å². The molecular weight excluding hydrogens is 432 g/mol. The number of carbonyl (C=O) groups is 2. The summed E-state index contributed by atoms with van der Waals surface area (Å²) in [7, 11) is 1.61. The van der Waals surface area contributed by atoms with Crippen LogP contribution in [0.1, 0.15) is 51.3 Å². The topological polar surface area (TPSA) is 120 Å². The molecule has 4 rings (SSSR count). The number of Topliss-reactive ketones (excluding diaryl/α,β-unsaturated/α-hetero) is 1. The molecule has 1 aliphatic rings. The zero-order chi connectivity index (χ0) is 24.3. The maximum absolute atomic E-state index is 11.3. The highest BCUT2D eigenvalue weighted by molar-refractivity contribution is 5.85. The largest absolute Gasteiger partial charge is 0.480 e. The number of nitrogens with zero attached hydrogens (tertiary/aromatic N) is 2. The molecule has 0 aliphatic carbocycles. The number of para-hydroxylation sites is 1. The molecule has 0 unspecified atom stereocenters. The molecule has 8 nitrogen and oxygen atoms in total. The number of unbranched alkanes of at least 4 members (excludes halogenated alkanes) is 3. The van der Waals surface area contributed by atoms with Crippen molar-refractivity contribution >= 4 is 22.6 Å². The summed E-state index contributed by atoms with van der Waals surface area (Å²) in [6.07, 6.45) is 8.02. The van der Waals surface area contributed by atoms with Gasteiger partial charge in [0.2, 0.25) is 11.8 Å². The van der Waals surface area contributed by atoms with Gasteiger partial charge in [-0.2, -0.15) is 0 Å². The van der Waals surface area contributed by atoms with Crippen molar-refractivity contribution in [1.29, 1.82) is 0 Å². The molecule has 2 aromatic heterocycles. The zero-order valence-electron chi connectivity index (χ0n) is 20.0. The van der Waals surface area contributed by atoms with E-state index in [-0.39, 0.29) is 11.8 Å². The summed E-state index contributed by atoms with van der Waals surface area (Å²) >= 11 is 0. The summed E-state index contributed by atoms with van der Waals surface area (Å²) in [5.41, 5.74) is 6.62. The molecule has 34 heavy (non-hydrogen) atoms. The van der Waals surface area contributed by atoms with Crippen molar-refractivity contribution in [3.63, 3.8) is 0 Å². The molecule has 1 saturated heterocycles. The number of rotatable bonds is 11. The van der Waals surface area contributed by atoms with Crippen LogP contribution in [0, 0.1) is 5.92 Å². The highest BCUT2D eigenvalue weighted by atomic mass is 16.5. The van der Waals surface area contributed by atoms with Crippen LogP contribution in [-0.2, 0) is 16.0 Å². The number of hydrogen-bond acceptors (Lipinski definition) is 7. The number of aromatic nitrogens is 2. The second-order valence-electron chi connectivity index (χ2n) is 8.42. The average molecular weight is 467 g/mol. The maximum atomic E-state index is 11.3. The van der Waals surface area contributed by atoms with Crippen LogP contribution in [0.3, 0.4) is 0 Å². The van der Waals surface area contributed by atoms with Crippen LogP contribution >= 0.6 is 0 Å². The summed E-state index contributed by atoms with van der Waals surface area (Å²) in [6, 6.07) is 9.95. The lowest BCUT2D eigenvalue weighted by molar-refractivity contribution is -0.123. The van der Waals surface area contributed by atoms with Crippen LogP contribution < -0.4 is 15.8 Å². The molecule has 0 spiro atoms. The fraction of sp³-hybridized carbons (Fsp3) is 0.462. The van der Waals surface area contributed by atoms with E-state index in [1.54, 1.807) is 13.3 Å². The minimum absolute atomic E-state index is 0.111. The number of methoxy groups -OCH3 is 1. The van der Waals surface area contributed by atoms with E-state index in [0.29, 0.717) is 30.3 Å². The van der Waals surface area contributed by atoms with Crippen molar-refractivity contribution in [3.8, 4) is 17.2 Å². The number of ether oxygens (including phenoxy) is 1. The Labute approximate surface area is 200 Å². The molecule has 1 fully saturated rings. The molecule has 1 aliphatic heterocycles. The SMILES string of the molecule is CCC(=O)CCCCCCc1ncc(-c2cc3ccccc3nc2OC)o1.NC(=O)C1CNC1. The van der Waals surface area contributed by atoms with E-state index < -0.39 is 0 Å². The lowest BCUT2D eigenvalue weighted by atomic mass is 10.0. The van der Waals surface area contributed by atoms with Crippen molar-refractivity contribution in [3.05, 3.63) is 42.4 Å². The Bertz CT molecular complexity index is 1090. The Balaban J connectivity index is 0.000000396. The second kappa shape index (κ2) is 12.8. The van der Waals surface area contributed by atoms with Crippen LogP contribution in [0.15, 0.2) is 40.9 Å². The number of fused-ring (bicyclic) bond motifs is 1. The Morgan fingerprint density at radius 1 is 1.18 bits per heavy atom. The van der Waals surface area contributed by atoms with Crippen LogP contribution in [0.4, 0.5) is 0 Å². The van der Waals surface area contributed by atoms with E-state index >= 15 is 0 Å². The normalized spacial score (nSPS) is 13.1. The first-order chi connectivity index (χ1) is 16.5. The number of benzene rings is 1. The minimum Gasteiger partial charge on any atom is -0.480 e. The van der Waals surface area contributed by atoms with Gasteiger partial charge in [-0.1, -0.05) is 38.0 Å². The Morgan fingerprint density at radius 2 is 1.94 bits per heavy atom. The quantitative estimate of drug-likeness (QED) is 0.409. The number of carbonyl (C=O) groups excluding carboxylic acids is 2. The number of nitrogens with two attached hydrogens (primary N) is 1. The molecule has 3 heterocycles. The third-order valence-electron chi connectivity index (χ3n) is 5.88. The van der Waals surface area contributed by atoms with Crippen molar-refractivity contribution in [2.45, 2.75) is 51.9 Å². The first-order valence-electron chi connectivity index (χ1n) is 11.9. The van der Waals surface area contributed by atoms with Gasteiger partial charge in [-0.05, 0) is 25.0 Å². The number of oxazole rings is 1. The van der Waals surface area contributed by atoms with Crippen molar-refractivity contribution in [1.82, 2.24) is 15.3 Å². The predicted octanol–water partition coefficient (Wildman–Crippen LogP) is 4.06. The molecule has 8 heteroatoms. The van der Waals surface area contributed by atoms with Gasteiger partial charge in [0.05, 0.1) is 30.3 Å². The maximum Gasteiger partial charge on any atom is 0.224 e. The van der Waals surface area contributed by atoms with E-state index in [1.165, 1.54) is 0 Å². The van der Waals surface area contributed by atoms with Gasteiger partial charge in [0.1, 0.15) is 5.78 Å². The fourth-order valence-electron chi connectivity index (χ4n) is 3.60. The summed E-state index contributed by atoms with van der Waals surface area (Å²) in [5.74, 6) is 2.22. The van der Waals surface area contributed by atoms with Crippen molar-refractivity contribution in [2.75, 3.05) is 20.2 Å². The number of nitrogens with one attached hydrogen (secondary N) is 1. The average Bonchev–Trinajstić information content (AvgIpc) is 3.27. The first kappa shape index (κ1) is 25.4. The van der Waals surface area contributed by atoms with Gasteiger partial charge in [-0.25, -0.2) is 9.97 Å². The molecule has 3 N–H and O–H groups in total. The standard InChI is InChI=1S/C22H26N2O3.C4H8N2O/c1-3-17(25)11-6-4-5-7-13-21-23-15-20(27-21)18-14-16-10-8-9-12-19(16)24-22(18)26-2;5-4(7)3-1-6-2-3/h8-10,12,14-15H,3-7,11,13H2,1-2H3;3,6H,1-2H2,(H2,5,7). The molecule has 0 radical (unpaired) electrons. The van der Waals surface area contributed by atoms with E-state index in [2.05, 4.69) is 15.3 Å². The number of aryl methyl sites for hydroxylation is 1. The molecular formula is C26H34N4O4. The monoisotopic (exact) mass is 466 g/mol. The van der Waals surface area contributed by atoms with Gasteiger partial charge < -0.3 is 20.2 Å². The summed E-state index contributed by atoms with van der Waals surface area (Å²) < 4.78 is 11.4. The lowest BCUT2D eigenvalue weighted by Gasteiger charge is -2.22. The minimum atomic E-state index is -0.182. The fourth-order valence-corrected chi connectivity index (χ4v) is 3.60. The Hall–Kier alpha value is -3.26. The van der Waals surface area contributed by atoms with Crippen LogP contribution in [0.25, 0.3) is 22.2 Å². The number of primary amides is 1. The van der Waals surface area contributed by atoms with Gasteiger partial charge in [0.25, 0.3) is 0 Å². The predicted molar refractivity (Wildman–Crippen MR) is 131 cm³/mol. The first-order valence-corrected chi connectivity index (χ1v) is 11.9. The van der Waals surface area contributed by atoms with E-state index in [4.69, 9.17) is 14.9 Å². The Morgan fingerprint density at radius 3 is 2.59 bits per heavy atom. The summed E-state index contributed by atoms with van der Waals surface area (Å²) in [4.78, 5) is 30.4. The van der Waals surface area contributed by atoms with Gasteiger partial charge in [-0.3, -0.25) is 9.59 Å². The Kier molecular flexibility index (Phi) is 9.58. The smallest absolute Gasteiger partial charge is 0.224 e. The van der Waals surface area contributed by atoms with E-state index in [0.717, 1.165) is 67.6 Å². The van der Waals surface area contributed by atoms with E-state index in [1.807, 2.05) is 37.3 Å². The lowest BCUT2D eigenvalue weighted by Crippen LogP contribution is -2.49. The summed E-state index contributed by atoms with van der Waals surface area (Å²) in [5, 5.41) is 3.98. The molecule has 1 aromatic carbocycles. The van der Waals surface area contributed by atoms with Crippen molar-refractivity contribution < 1.29 is 18.7 Å². The second-order valence-corrected chi connectivity index (χ2v) is 8.42. The number of ketones is 1. The summed E-state index contributed by atoms with van der Waals surface area (Å²) in [6.45, 7) is 3.47. The highest BCUT2D eigenvalue weighted by Gasteiger charge is 2.21. The third-order valence-corrected chi connectivity index (χ3v) is 5.88. The molecule has 0 bridgehead atoms. The number of hydrogen-bond donors (Lipinski definition) is 2. The van der Waals surface area contributed by atoms with Gasteiger partial charge in [-0.15, -0.1) is 0 Å². The van der Waals surface area contributed by atoms with E-state index in [9.17, 15) is 9.59 Å². The van der Waals surface area contributed by atoms with Crippen LogP contribution in [0.2, 0.25) is 0 Å².